The van der Waals surface area contributed by atoms with Gasteiger partial charge in [-0.3, -0.25) is 19.9 Å². The van der Waals surface area contributed by atoms with E-state index in [0.717, 1.165) is 101 Å². The molecule has 1 aliphatic heterocycles. The average Bonchev–Trinajstić information content (AvgIpc) is 1.54. The van der Waals surface area contributed by atoms with Crippen molar-refractivity contribution in [3.05, 3.63) is 482 Å². The second kappa shape index (κ2) is 33.0. The Hall–Kier alpha value is -17.3. The first-order valence-electron chi connectivity index (χ1n) is 48.5. The molecule has 0 bridgehead atoms. The highest BCUT2D eigenvalue weighted by Gasteiger charge is 2.45. The molecule has 23 aromatic rings. The van der Waals surface area contributed by atoms with Crippen LogP contribution in [-0.4, -0.2) is 51.6 Å². The first-order valence-corrected chi connectivity index (χ1v) is 48.5. The molecule has 140 heavy (non-hydrogen) atoms. The van der Waals surface area contributed by atoms with E-state index in [9.17, 15) is 0 Å². The lowest BCUT2D eigenvalue weighted by molar-refractivity contribution is 0.583. The molecule has 662 valence electrons. The molecule has 3 atom stereocenters. The summed E-state index contributed by atoms with van der Waals surface area (Å²) in [4.78, 5) is 45.4. The molecule has 4 aliphatic carbocycles. The third kappa shape index (κ3) is 13.7. The monoisotopic (exact) mass is 1790 g/mol. The van der Waals surface area contributed by atoms with Crippen molar-refractivity contribution >= 4 is 92.5 Å². The summed E-state index contributed by atoms with van der Waals surface area (Å²) in [7, 11) is 0. The Balaban J connectivity index is 0.000000108. The van der Waals surface area contributed by atoms with Gasteiger partial charge in [0.25, 0.3) is 0 Å². The van der Waals surface area contributed by atoms with Crippen LogP contribution >= 0.6 is 0 Å². The maximum absolute atomic E-state index is 5.45. The van der Waals surface area contributed by atoms with E-state index in [0.29, 0.717) is 5.92 Å². The fraction of sp³-hybridized carbons (Fsp3) is 0.0916. The van der Waals surface area contributed by atoms with Gasteiger partial charge in [-0.05, 0) is 165 Å². The first-order chi connectivity index (χ1) is 68.7. The van der Waals surface area contributed by atoms with Crippen molar-refractivity contribution in [3.8, 4) is 123 Å². The molecule has 5 aliphatic rings. The van der Waals surface area contributed by atoms with Gasteiger partial charge in [0, 0.05) is 112 Å². The van der Waals surface area contributed by atoms with Crippen molar-refractivity contribution in [1.82, 2.24) is 39.9 Å². The first kappa shape index (κ1) is 83.3. The molecule has 9 nitrogen and oxygen atoms in total. The number of nitrogens with zero attached hydrogens (tertiary/aromatic N) is 9. The number of rotatable bonds is 10. The summed E-state index contributed by atoms with van der Waals surface area (Å²) in [6, 6.07) is 141. The lowest BCUT2D eigenvalue weighted by Crippen LogP contribution is -2.21. The molecule has 0 N–H and O–H groups in total. The molecule has 0 saturated heterocycles. The van der Waals surface area contributed by atoms with Crippen molar-refractivity contribution in [2.75, 3.05) is 0 Å². The van der Waals surface area contributed by atoms with Crippen molar-refractivity contribution in [1.29, 1.82) is 0 Å². The van der Waals surface area contributed by atoms with Crippen molar-refractivity contribution < 1.29 is 0 Å². The number of benzene rings is 15. The van der Waals surface area contributed by atoms with Crippen LogP contribution in [0.1, 0.15) is 92.0 Å². The third-order valence-electron chi connectivity index (χ3n) is 30.1. The van der Waals surface area contributed by atoms with E-state index in [1.807, 2.05) is 48.7 Å². The van der Waals surface area contributed by atoms with Crippen LogP contribution in [0, 0.1) is 5.92 Å². The molecule has 0 spiro atoms. The summed E-state index contributed by atoms with van der Waals surface area (Å²) in [5.74, 6) is 0.536. The van der Waals surface area contributed by atoms with Crippen LogP contribution in [0.3, 0.4) is 0 Å². The van der Waals surface area contributed by atoms with Gasteiger partial charge in [-0.25, -0.2) is 24.9 Å². The molecule has 8 aromatic heterocycles. The van der Waals surface area contributed by atoms with E-state index >= 15 is 0 Å². The summed E-state index contributed by atoms with van der Waals surface area (Å²) in [6.45, 7) is 14.1. The number of aliphatic imine (C=N–C) groups is 1. The number of hydrogen-bond donors (Lipinski definition) is 0. The SMILES string of the molecule is CC1(C)c2ccccc2-c2nc3c(ccc4ccccc43)c(-c3ccc(-c4cc(-c5ccccn5)nc(-c5ccccn5)c4)cc3)c21.CC1(C)c2ccccc2-c2nc3c(ccc4ccccc43)c(-c3ccc(-c4ccc(-c5ccc6ccc7cccnc7c6n5)cc4)cc3)c21.CC1(C)c2ccccc2-c2nc3c(ccc4ccccc43)c(-c3ccc(C4C(c5ccccc5)=NC5C=CC=CC54)cc3)c21. The van der Waals surface area contributed by atoms with E-state index in [4.69, 9.17) is 29.9 Å². The van der Waals surface area contributed by atoms with Crippen LogP contribution in [0.5, 0.6) is 0 Å². The molecule has 0 radical (unpaired) electrons. The van der Waals surface area contributed by atoms with E-state index in [2.05, 4.69) is 433 Å². The minimum Gasteiger partial charge on any atom is -0.280 e. The zero-order chi connectivity index (χ0) is 93.6. The summed E-state index contributed by atoms with van der Waals surface area (Å²) in [6.07, 6.45) is 14.4. The lowest BCUT2D eigenvalue weighted by atomic mass is 9.76. The van der Waals surface area contributed by atoms with E-state index in [1.165, 1.54) is 160 Å². The zero-order valence-corrected chi connectivity index (χ0v) is 78.3. The van der Waals surface area contributed by atoms with Crippen LogP contribution in [0.4, 0.5) is 0 Å². The summed E-state index contributed by atoms with van der Waals surface area (Å²) in [5.41, 5.74) is 40.4. The Kier molecular flexibility index (Phi) is 19.7. The number of pyridine rings is 8. The predicted octanol–water partition coefficient (Wildman–Crippen LogP) is 32.4. The molecular weight excluding hydrogens is 1700 g/mol. The van der Waals surface area contributed by atoms with Crippen molar-refractivity contribution in [3.63, 3.8) is 0 Å². The number of fused-ring (bicyclic) bond motifs is 22. The minimum absolute atomic E-state index is 0.169. The molecule has 3 unspecified atom stereocenters. The number of hydrogen-bond acceptors (Lipinski definition) is 9. The minimum atomic E-state index is -0.201. The maximum atomic E-state index is 5.45. The highest BCUT2D eigenvalue weighted by molar-refractivity contribution is 6.17. The number of allylic oxidation sites excluding steroid dienone is 2. The van der Waals surface area contributed by atoms with Crippen LogP contribution in [-0.2, 0) is 16.2 Å². The fourth-order valence-electron chi connectivity index (χ4n) is 23.4. The molecular formula is C131H93N9. The Morgan fingerprint density at radius 1 is 0.229 bits per heavy atom. The zero-order valence-electron chi connectivity index (χ0n) is 78.3. The fourth-order valence-corrected chi connectivity index (χ4v) is 23.4. The summed E-state index contributed by atoms with van der Waals surface area (Å²) < 4.78 is 0. The van der Waals surface area contributed by atoms with E-state index in [-0.39, 0.29) is 28.2 Å². The second-order valence-corrected chi connectivity index (χ2v) is 39.2. The molecule has 9 heterocycles. The maximum Gasteiger partial charge on any atom is 0.0972 e. The van der Waals surface area contributed by atoms with Gasteiger partial charge < -0.3 is 0 Å². The van der Waals surface area contributed by atoms with Gasteiger partial charge >= 0.3 is 0 Å². The normalized spacial score (nSPS) is 15.6. The highest BCUT2D eigenvalue weighted by Crippen LogP contribution is 2.59. The molecule has 0 amide bonds. The molecule has 15 aromatic carbocycles. The van der Waals surface area contributed by atoms with Crippen LogP contribution in [0.2, 0.25) is 0 Å². The predicted molar refractivity (Wildman–Crippen MR) is 579 cm³/mol. The largest absolute Gasteiger partial charge is 0.280 e. The molecule has 28 rings (SSSR count). The van der Waals surface area contributed by atoms with Crippen LogP contribution in [0.15, 0.2) is 442 Å². The Bertz CT molecular complexity index is 9060. The van der Waals surface area contributed by atoms with Gasteiger partial charge in [0.15, 0.2) is 0 Å². The third-order valence-corrected chi connectivity index (χ3v) is 30.1. The van der Waals surface area contributed by atoms with Gasteiger partial charge in [-0.2, -0.15) is 0 Å². The lowest BCUT2D eigenvalue weighted by Gasteiger charge is -2.26. The quantitative estimate of drug-likeness (QED) is 0.124. The summed E-state index contributed by atoms with van der Waals surface area (Å²) in [5, 5.41) is 13.0. The smallest absolute Gasteiger partial charge is 0.0972 e. The average molecular weight is 1790 g/mol. The van der Waals surface area contributed by atoms with Gasteiger partial charge in [-0.15, -0.1) is 0 Å². The van der Waals surface area contributed by atoms with Crippen LogP contribution in [0.25, 0.3) is 210 Å². The Labute approximate surface area is 812 Å². The standard InChI is InChI=1S/C46H31N3.C43H30N4.C42H32N2/c1-46(2)38-12-6-5-11-36(38)45-41(46)40(37-25-23-30-8-3-4-10-35(30)44(37)49-45)32-19-15-29(16-20-32)28-13-17-31(18-14-28)39-26-24-34-22-21-33-9-7-27-47-42(33)43(34)48-39;1-43(2)34-14-6-5-13-32(34)42-40(43)39(33-22-21-28-11-3-4-12-31(28)41(33)47-42)29-19-17-27(18-20-29)30-25-37(35-15-7-9-23-44-35)46-38(26-30)36-16-8-10-24-45-36;1-42(2)34-18-10-8-16-31(34)41-38(42)36(33-25-24-26-12-6-7-15-30(26)40(33)44-41)27-20-22-28(23-21-27)37-32-17-9-11-19-35(32)43-39(37)29-13-4-3-5-14-29/h3-27H,1-2H3;3-26H,1-2H3;3-25,32,35,37H,1-2H3. The van der Waals surface area contributed by atoms with Crippen LogP contribution < -0.4 is 0 Å². The van der Waals surface area contributed by atoms with E-state index in [1.54, 1.807) is 12.4 Å². The molecule has 0 fully saturated rings. The van der Waals surface area contributed by atoms with Gasteiger partial charge in [0.05, 0.1) is 84.9 Å². The highest BCUT2D eigenvalue weighted by atomic mass is 14.9. The Morgan fingerprint density at radius 3 is 1.06 bits per heavy atom. The molecule has 9 heteroatoms. The topological polar surface area (TPSA) is 115 Å². The van der Waals surface area contributed by atoms with Gasteiger partial charge in [0.1, 0.15) is 0 Å². The molecule has 0 saturated carbocycles. The van der Waals surface area contributed by atoms with Gasteiger partial charge in [-0.1, -0.05) is 412 Å². The Morgan fingerprint density at radius 2 is 0.600 bits per heavy atom. The number of aromatic nitrogens is 8. The summed E-state index contributed by atoms with van der Waals surface area (Å²) >= 11 is 0. The van der Waals surface area contributed by atoms with E-state index < -0.39 is 0 Å². The van der Waals surface area contributed by atoms with Crippen molar-refractivity contribution in [2.24, 2.45) is 10.9 Å². The second-order valence-electron chi connectivity index (χ2n) is 39.2. The van der Waals surface area contributed by atoms with Crippen molar-refractivity contribution in [2.45, 2.75) is 69.7 Å². The van der Waals surface area contributed by atoms with Gasteiger partial charge in [0.2, 0.25) is 0 Å².